The van der Waals surface area contributed by atoms with Crippen molar-refractivity contribution in [3.05, 3.63) is 29.8 Å². The van der Waals surface area contributed by atoms with Crippen LogP contribution in [-0.4, -0.2) is 13.6 Å². The summed E-state index contributed by atoms with van der Waals surface area (Å²) in [6, 6.07) is 7.33. The lowest BCUT2D eigenvalue weighted by Gasteiger charge is -2.09. The number of rotatable bonds is 4. The quantitative estimate of drug-likeness (QED) is 0.707. The van der Waals surface area contributed by atoms with Crippen molar-refractivity contribution in [3.63, 3.8) is 0 Å². The Balaban J connectivity index is 2.73. The SMILES string of the molecule is COc1ccc(C(C)O[C]=O)cc1. The van der Waals surface area contributed by atoms with Crippen molar-refractivity contribution in [2.45, 2.75) is 13.0 Å². The Kier molecular flexibility index (Phi) is 3.31. The highest BCUT2D eigenvalue weighted by Gasteiger charge is 2.05. The summed E-state index contributed by atoms with van der Waals surface area (Å²) in [5.74, 6) is 0.783. The van der Waals surface area contributed by atoms with Crippen molar-refractivity contribution in [3.8, 4) is 5.75 Å². The van der Waals surface area contributed by atoms with Gasteiger partial charge in [0.2, 0.25) is 0 Å². The predicted octanol–water partition coefficient (Wildman–Crippen LogP) is 1.84. The minimum Gasteiger partial charge on any atom is -0.497 e. The molecule has 0 aliphatic rings. The van der Waals surface area contributed by atoms with E-state index >= 15 is 0 Å². The molecule has 0 saturated heterocycles. The minimum absolute atomic E-state index is 0.261. The van der Waals surface area contributed by atoms with Crippen LogP contribution >= 0.6 is 0 Å². The van der Waals surface area contributed by atoms with E-state index < -0.39 is 0 Å². The van der Waals surface area contributed by atoms with Crippen LogP contribution in [0.25, 0.3) is 0 Å². The largest absolute Gasteiger partial charge is 0.497 e. The lowest BCUT2D eigenvalue weighted by atomic mass is 10.1. The Morgan fingerprint density at radius 3 is 2.38 bits per heavy atom. The third-order valence-corrected chi connectivity index (χ3v) is 1.81. The van der Waals surface area contributed by atoms with E-state index in [9.17, 15) is 4.79 Å². The van der Waals surface area contributed by atoms with Crippen LogP contribution in [-0.2, 0) is 9.53 Å². The fourth-order valence-electron chi connectivity index (χ4n) is 1.02. The third-order valence-electron chi connectivity index (χ3n) is 1.81. The minimum atomic E-state index is -0.261. The summed E-state index contributed by atoms with van der Waals surface area (Å²) in [7, 11) is 1.61. The molecule has 0 bridgehead atoms. The normalized spacial score (nSPS) is 11.8. The zero-order valence-corrected chi connectivity index (χ0v) is 7.61. The van der Waals surface area contributed by atoms with E-state index in [1.807, 2.05) is 24.3 Å². The van der Waals surface area contributed by atoms with E-state index in [4.69, 9.17) is 4.74 Å². The summed E-state index contributed by atoms with van der Waals surface area (Å²) in [6.07, 6.45) is -0.261. The lowest BCUT2D eigenvalue weighted by Crippen LogP contribution is -1.97. The van der Waals surface area contributed by atoms with Crippen molar-refractivity contribution < 1.29 is 14.3 Å². The number of ether oxygens (including phenoxy) is 2. The second-order valence-electron chi connectivity index (χ2n) is 2.62. The van der Waals surface area contributed by atoms with E-state index in [1.165, 1.54) is 6.47 Å². The average molecular weight is 179 g/mol. The van der Waals surface area contributed by atoms with E-state index in [0.717, 1.165) is 11.3 Å². The fraction of sp³-hybridized carbons (Fsp3) is 0.300. The van der Waals surface area contributed by atoms with Gasteiger partial charge in [0.05, 0.1) is 7.11 Å². The van der Waals surface area contributed by atoms with E-state index in [1.54, 1.807) is 14.0 Å². The second-order valence-corrected chi connectivity index (χ2v) is 2.62. The molecule has 1 rings (SSSR count). The molecular formula is C10H11O3. The van der Waals surface area contributed by atoms with Gasteiger partial charge in [-0.05, 0) is 24.6 Å². The molecular weight excluding hydrogens is 168 g/mol. The molecule has 13 heavy (non-hydrogen) atoms. The van der Waals surface area contributed by atoms with Crippen LogP contribution in [0.1, 0.15) is 18.6 Å². The van der Waals surface area contributed by atoms with Crippen molar-refractivity contribution >= 4 is 6.47 Å². The molecule has 1 atom stereocenters. The first-order valence-electron chi connectivity index (χ1n) is 3.94. The van der Waals surface area contributed by atoms with Crippen LogP contribution in [0.5, 0.6) is 5.75 Å². The number of hydrogen-bond acceptors (Lipinski definition) is 3. The maximum absolute atomic E-state index is 9.94. The van der Waals surface area contributed by atoms with Gasteiger partial charge in [-0.1, -0.05) is 12.1 Å². The predicted molar refractivity (Wildman–Crippen MR) is 48.2 cm³/mol. The number of benzene rings is 1. The lowest BCUT2D eigenvalue weighted by molar-refractivity contribution is 0.198. The Morgan fingerprint density at radius 1 is 1.31 bits per heavy atom. The Labute approximate surface area is 77.3 Å². The molecule has 69 valence electrons. The van der Waals surface area contributed by atoms with Crippen LogP contribution < -0.4 is 4.74 Å². The second kappa shape index (κ2) is 4.50. The summed E-state index contributed by atoms with van der Waals surface area (Å²) in [5.41, 5.74) is 0.921. The Bertz CT molecular complexity index is 266. The van der Waals surface area contributed by atoms with E-state index in [-0.39, 0.29) is 6.10 Å². The average Bonchev–Trinajstić information content (AvgIpc) is 2.18. The first-order valence-corrected chi connectivity index (χ1v) is 3.94. The zero-order valence-electron chi connectivity index (χ0n) is 7.61. The van der Waals surface area contributed by atoms with E-state index in [2.05, 4.69) is 4.74 Å². The molecule has 0 N–H and O–H groups in total. The number of carbonyl (C=O) groups excluding carboxylic acids is 1. The molecule has 0 spiro atoms. The molecule has 1 aromatic carbocycles. The van der Waals surface area contributed by atoms with Crippen LogP contribution in [0.15, 0.2) is 24.3 Å². The molecule has 1 radical (unpaired) electrons. The summed E-state index contributed by atoms with van der Waals surface area (Å²) in [4.78, 5) is 9.94. The molecule has 0 fully saturated rings. The van der Waals surface area contributed by atoms with Crippen molar-refractivity contribution in [2.24, 2.45) is 0 Å². The molecule has 0 heterocycles. The van der Waals surface area contributed by atoms with Gasteiger partial charge in [0.1, 0.15) is 11.9 Å². The van der Waals surface area contributed by atoms with E-state index in [0.29, 0.717) is 0 Å². The highest BCUT2D eigenvalue weighted by Crippen LogP contribution is 2.19. The highest BCUT2D eigenvalue weighted by atomic mass is 16.5. The van der Waals surface area contributed by atoms with Gasteiger partial charge in [0.15, 0.2) is 0 Å². The molecule has 0 aliphatic carbocycles. The van der Waals surface area contributed by atoms with Gasteiger partial charge in [0.25, 0.3) is 0 Å². The van der Waals surface area contributed by atoms with Crippen LogP contribution in [0.2, 0.25) is 0 Å². The molecule has 0 aliphatic heterocycles. The summed E-state index contributed by atoms with van der Waals surface area (Å²) < 4.78 is 9.65. The zero-order chi connectivity index (χ0) is 9.68. The molecule has 0 amide bonds. The van der Waals surface area contributed by atoms with Crippen LogP contribution in [0.3, 0.4) is 0 Å². The molecule has 3 heteroatoms. The van der Waals surface area contributed by atoms with Gasteiger partial charge in [-0.15, -0.1) is 0 Å². The molecule has 3 nitrogen and oxygen atoms in total. The summed E-state index contributed by atoms with van der Waals surface area (Å²) in [5, 5.41) is 0. The van der Waals surface area contributed by atoms with Crippen LogP contribution in [0, 0.1) is 0 Å². The monoisotopic (exact) mass is 179 g/mol. The first-order chi connectivity index (χ1) is 6.27. The van der Waals surface area contributed by atoms with Gasteiger partial charge < -0.3 is 9.47 Å². The van der Waals surface area contributed by atoms with Crippen molar-refractivity contribution in [1.29, 1.82) is 0 Å². The number of methoxy groups -OCH3 is 1. The fourth-order valence-corrected chi connectivity index (χ4v) is 1.02. The Morgan fingerprint density at radius 2 is 1.92 bits per heavy atom. The van der Waals surface area contributed by atoms with Crippen molar-refractivity contribution in [2.75, 3.05) is 7.11 Å². The smallest absolute Gasteiger partial charge is 0.418 e. The van der Waals surface area contributed by atoms with Crippen LogP contribution in [0.4, 0.5) is 0 Å². The summed E-state index contributed by atoms with van der Waals surface area (Å²) in [6.45, 7) is 3.20. The summed E-state index contributed by atoms with van der Waals surface area (Å²) >= 11 is 0. The molecule has 1 aromatic rings. The standard InChI is InChI=1S/C10H11O3/c1-8(13-7-11)9-3-5-10(12-2)6-4-9/h3-6,8H,1-2H3. The molecule has 1 unspecified atom stereocenters. The van der Waals surface area contributed by atoms with Gasteiger partial charge in [0, 0.05) is 0 Å². The maximum Gasteiger partial charge on any atom is 0.418 e. The van der Waals surface area contributed by atoms with Gasteiger partial charge in [-0.2, -0.15) is 0 Å². The third kappa shape index (κ3) is 2.47. The number of hydrogen-bond donors (Lipinski definition) is 0. The maximum atomic E-state index is 9.94. The topological polar surface area (TPSA) is 35.5 Å². The van der Waals surface area contributed by atoms with Gasteiger partial charge in [-0.25, -0.2) is 4.79 Å². The van der Waals surface area contributed by atoms with Gasteiger partial charge in [-0.3, -0.25) is 0 Å². The molecule has 0 saturated carbocycles. The first kappa shape index (κ1) is 9.58. The van der Waals surface area contributed by atoms with Gasteiger partial charge >= 0.3 is 6.47 Å². The highest BCUT2D eigenvalue weighted by molar-refractivity contribution is 5.40. The Hall–Kier alpha value is -1.51. The van der Waals surface area contributed by atoms with Crippen molar-refractivity contribution in [1.82, 2.24) is 0 Å². The molecule has 0 aromatic heterocycles.